The zero-order valence-corrected chi connectivity index (χ0v) is 11.6. The summed E-state index contributed by atoms with van der Waals surface area (Å²) in [6.45, 7) is 10.2. The third-order valence-corrected chi connectivity index (χ3v) is 2.64. The molecule has 2 unspecified atom stereocenters. The zero-order valence-electron chi connectivity index (χ0n) is 11.6. The highest BCUT2D eigenvalue weighted by atomic mass is 16.2. The molecule has 104 valence electrons. The Balaban J connectivity index is 3.73. The third-order valence-electron chi connectivity index (χ3n) is 2.64. The van der Waals surface area contributed by atoms with Crippen LogP contribution in [0.15, 0.2) is 12.7 Å². The van der Waals surface area contributed by atoms with E-state index in [1.807, 2.05) is 13.8 Å². The van der Waals surface area contributed by atoms with Crippen LogP contribution in [-0.2, 0) is 9.59 Å². The van der Waals surface area contributed by atoms with Crippen LogP contribution in [0.5, 0.6) is 0 Å². The molecule has 0 bridgehead atoms. The minimum atomic E-state index is -0.304. The summed E-state index contributed by atoms with van der Waals surface area (Å²) < 4.78 is 0. The highest BCUT2D eigenvalue weighted by Crippen LogP contribution is 1.90. The maximum absolute atomic E-state index is 11.5. The molecule has 0 aromatic heterocycles. The largest absolute Gasteiger partial charge is 0.354 e. The fourth-order valence-corrected chi connectivity index (χ4v) is 1.27. The predicted molar refractivity (Wildman–Crippen MR) is 73.2 cm³/mol. The van der Waals surface area contributed by atoms with Gasteiger partial charge < -0.3 is 16.0 Å². The highest BCUT2D eigenvalue weighted by Gasteiger charge is 2.11. The summed E-state index contributed by atoms with van der Waals surface area (Å²) in [5, 5.41) is 8.57. The summed E-state index contributed by atoms with van der Waals surface area (Å²) in [5.74, 6) is -0.0761. The van der Waals surface area contributed by atoms with E-state index in [9.17, 15) is 9.59 Å². The molecule has 0 aliphatic carbocycles. The molecule has 0 fully saturated rings. The molecule has 0 radical (unpaired) electrons. The maximum atomic E-state index is 11.5. The van der Waals surface area contributed by atoms with Crippen molar-refractivity contribution in [3.05, 3.63) is 12.7 Å². The number of rotatable bonds is 9. The van der Waals surface area contributed by atoms with Gasteiger partial charge in [0.15, 0.2) is 0 Å². The first-order valence-corrected chi connectivity index (χ1v) is 6.42. The second-order valence-corrected chi connectivity index (χ2v) is 4.34. The lowest BCUT2D eigenvalue weighted by Crippen LogP contribution is -2.43. The molecule has 0 rings (SSSR count). The number of amides is 2. The van der Waals surface area contributed by atoms with E-state index in [2.05, 4.69) is 22.5 Å². The molecule has 3 N–H and O–H groups in total. The predicted octanol–water partition coefficient (Wildman–Crippen LogP) is 0.572. The molecule has 5 heteroatoms. The molecule has 0 saturated carbocycles. The second-order valence-electron chi connectivity index (χ2n) is 4.34. The lowest BCUT2D eigenvalue weighted by Gasteiger charge is -2.14. The van der Waals surface area contributed by atoms with Gasteiger partial charge in [-0.3, -0.25) is 9.59 Å². The number of hydrogen-bond acceptors (Lipinski definition) is 3. The van der Waals surface area contributed by atoms with Crippen LogP contribution in [0.3, 0.4) is 0 Å². The van der Waals surface area contributed by atoms with Crippen LogP contribution >= 0.6 is 0 Å². The average Bonchev–Trinajstić information content (AvgIpc) is 2.35. The van der Waals surface area contributed by atoms with Crippen molar-refractivity contribution in [2.75, 3.05) is 13.1 Å². The topological polar surface area (TPSA) is 70.2 Å². The van der Waals surface area contributed by atoms with Crippen molar-refractivity contribution in [1.29, 1.82) is 0 Å². The van der Waals surface area contributed by atoms with E-state index in [0.717, 1.165) is 6.42 Å². The fourth-order valence-electron chi connectivity index (χ4n) is 1.27. The highest BCUT2D eigenvalue weighted by molar-refractivity contribution is 5.81. The Morgan fingerprint density at radius 3 is 2.56 bits per heavy atom. The van der Waals surface area contributed by atoms with E-state index in [1.165, 1.54) is 0 Å². The summed E-state index contributed by atoms with van der Waals surface area (Å²) in [6, 6.07) is -0.104. The quantitative estimate of drug-likeness (QED) is 0.528. The SMILES string of the molecule is C=CCNC(=O)C(C)NCCC(=O)NC(C)CC. The van der Waals surface area contributed by atoms with Gasteiger partial charge in [-0.15, -0.1) is 6.58 Å². The smallest absolute Gasteiger partial charge is 0.237 e. The van der Waals surface area contributed by atoms with Gasteiger partial charge in [-0.25, -0.2) is 0 Å². The van der Waals surface area contributed by atoms with E-state index in [4.69, 9.17) is 0 Å². The molecule has 0 spiro atoms. The first kappa shape index (κ1) is 16.6. The van der Waals surface area contributed by atoms with Crippen molar-refractivity contribution in [3.63, 3.8) is 0 Å². The van der Waals surface area contributed by atoms with Gasteiger partial charge in [0.25, 0.3) is 0 Å². The van der Waals surface area contributed by atoms with E-state index in [0.29, 0.717) is 19.5 Å². The Morgan fingerprint density at radius 2 is 2.00 bits per heavy atom. The minimum absolute atomic E-state index is 0.00977. The first-order valence-electron chi connectivity index (χ1n) is 6.42. The molecule has 0 aliphatic heterocycles. The molecule has 2 atom stereocenters. The number of hydrogen-bond donors (Lipinski definition) is 3. The molecule has 18 heavy (non-hydrogen) atoms. The van der Waals surface area contributed by atoms with Crippen LogP contribution in [0, 0.1) is 0 Å². The van der Waals surface area contributed by atoms with Crippen LogP contribution in [-0.4, -0.2) is 37.0 Å². The Labute approximate surface area is 109 Å². The van der Waals surface area contributed by atoms with Gasteiger partial charge in [0.2, 0.25) is 11.8 Å². The van der Waals surface area contributed by atoms with Crippen LogP contribution in [0.1, 0.15) is 33.6 Å². The molecule has 0 aromatic rings. The van der Waals surface area contributed by atoms with E-state index in [-0.39, 0.29) is 23.9 Å². The van der Waals surface area contributed by atoms with Crippen molar-refractivity contribution in [3.8, 4) is 0 Å². The van der Waals surface area contributed by atoms with E-state index < -0.39 is 0 Å². The minimum Gasteiger partial charge on any atom is -0.354 e. The van der Waals surface area contributed by atoms with Crippen LogP contribution < -0.4 is 16.0 Å². The Bertz CT molecular complexity index is 279. The first-order chi connectivity index (χ1) is 8.51. The number of nitrogens with one attached hydrogen (secondary N) is 3. The Morgan fingerprint density at radius 1 is 1.33 bits per heavy atom. The monoisotopic (exact) mass is 255 g/mol. The zero-order chi connectivity index (χ0) is 14.0. The summed E-state index contributed by atoms with van der Waals surface area (Å²) >= 11 is 0. The molecule has 0 aliphatic rings. The van der Waals surface area contributed by atoms with Crippen molar-refractivity contribution in [1.82, 2.24) is 16.0 Å². The standard InChI is InChI=1S/C13H25N3O2/c1-5-8-15-13(18)11(4)14-9-7-12(17)16-10(3)6-2/h5,10-11,14H,1,6-9H2,2-4H3,(H,15,18)(H,16,17). The van der Waals surface area contributed by atoms with Crippen LogP contribution in [0.4, 0.5) is 0 Å². The van der Waals surface area contributed by atoms with Crippen LogP contribution in [0.25, 0.3) is 0 Å². The Kier molecular flexibility index (Phi) is 8.92. The fraction of sp³-hybridized carbons (Fsp3) is 0.692. The Hall–Kier alpha value is -1.36. The van der Waals surface area contributed by atoms with Gasteiger partial charge in [-0.1, -0.05) is 13.0 Å². The molecule has 0 saturated heterocycles. The molecular weight excluding hydrogens is 230 g/mol. The van der Waals surface area contributed by atoms with Crippen molar-refractivity contribution in [2.24, 2.45) is 0 Å². The average molecular weight is 255 g/mol. The van der Waals surface area contributed by atoms with Gasteiger partial charge in [0.1, 0.15) is 0 Å². The van der Waals surface area contributed by atoms with Gasteiger partial charge in [0.05, 0.1) is 6.04 Å². The molecule has 0 heterocycles. The third kappa shape index (κ3) is 7.84. The van der Waals surface area contributed by atoms with Gasteiger partial charge in [-0.2, -0.15) is 0 Å². The van der Waals surface area contributed by atoms with Crippen molar-refractivity contribution < 1.29 is 9.59 Å². The van der Waals surface area contributed by atoms with Gasteiger partial charge in [-0.05, 0) is 20.3 Å². The van der Waals surface area contributed by atoms with Crippen LogP contribution in [0.2, 0.25) is 0 Å². The van der Waals surface area contributed by atoms with Crippen molar-refractivity contribution in [2.45, 2.75) is 45.7 Å². The molecule has 5 nitrogen and oxygen atoms in total. The molecule has 2 amide bonds. The summed E-state index contributed by atoms with van der Waals surface area (Å²) in [7, 11) is 0. The lowest BCUT2D eigenvalue weighted by atomic mass is 10.2. The number of carbonyl (C=O) groups excluding carboxylic acids is 2. The van der Waals surface area contributed by atoms with Gasteiger partial charge in [0, 0.05) is 25.6 Å². The lowest BCUT2D eigenvalue weighted by molar-refractivity contribution is -0.124. The van der Waals surface area contributed by atoms with Crippen molar-refractivity contribution >= 4 is 11.8 Å². The summed E-state index contributed by atoms with van der Waals surface area (Å²) in [6.07, 6.45) is 2.92. The number of carbonyl (C=O) groups is 2. The second kappa shape index (κ2) is 9.65. The molecular formula is C13H25N3O2. The summed E-state index contributed by atoms with van der Waals surface area (Å²) in [5.41, 5.74) is 0. The normalized spacial score (nSPS) is 13.5. The van der Waals surface area contributed by atoms with Gasteiger partial charge >= 0.3 is 0 Å². The van der Waals surface area contributed by atoms with E-state index >= 15 is 0 Å². The summed E-state index contributed by atoms with van der Waals surface area (Å²) in [4.78, 5) is 23.0. The molecule has 0 aromatic carbocycles. The van der Waals surface area contributed by atoms with E-state index in [1.54, 1.807) is 13.0 Å². The maximum Gasteiger partial charge on any atom is 0.237 e.